The van der Waals surface area contributed by atoms with Gasteiger partial charge in [0.15, 0.2) is 12.0 Å². The van der Waals surface area contributed by atoms with Crippen molar-refractivity contribution < 1.29 is 34.7 Å². The quantitative estimate of drug-likeness (QED) is 0.182. The summed E-state index contributed by atoms with van der Waals surface area (Å²) in [7, 11) is -8.69. The minimum Gasteiger partial charge on any atom is -0.488 e. The van der Waals surface area contributed by atoms with Crippen LogP contribution in [-0.4, -0.2) is 23.1 Å². The van der Waals surface area contributed by atoms with Gasteiger partial charge in [-0.05, 0) is 50.6 Å². The molecular weight excluding hydrogens is 540 g/mol. The molecule has 0 aromatic heterocycles. The Morgan fingerprint density at radius 3 is 1.72 bits per heavy atom. The van der Waals surface area contributed by atoms with Crippen LogP contribution in [0.5, 0.6) is 17.2 Å². The third kappa shape index (κ3) is 6.84. The van der Waals surface area contributed by atoms with Crippen LogP contribution in [0, 0.1) is 20.8 Å². The van der Waals surface area contributed by atoms with Gasteiger partial charge in [0.1, 0.15) is 33.5 Å². The predicted octanol–water partition coefficient (Wildman–Crippen LogP) is 5.54. The first kappa shape index (κ1) is 27.9. The molecule has 8 nitrogen and oxygen atoms in total. The van der Waals surface area contributed by atoms with Crippen LogP contribution in [0.15, 0.2) is 94.7 Å². The number of ether oxygens (including phenoxy) is 1. The molecule has 0 amide bonds. The highest BCUT2D eigenvalue weighted by Gasteiger charge is 2.24. The molecule has 0 N–H and O–H groups in total. The molecular formula is C29H26O8S2. The Labute approximate surface area is 228 Å². The van der Waals surface area contributed by atoms with Crippen LogP contribution in [0.2, 0.25) is 0 Å². The fourth-order valence-electron chi connectivity index (χ4n) is 3.64. The van der Waals surface area contributed by atoms with Crippen molar-refractivity contribution in [3.05, 3.63) is 113 Å². The summed E-state index contributed by atoms with van der Waals surface area (Å²) in [6.45, 7) is 5.54. The van der Waals surface area contributed by atoms with Gasteiger partial charge in [0.2, 0.25) is 0 Å². The number of carbonyl (C=O) groups excluding carboxylic acids is 1. The SMILES string of the molecule is Cc1ccc(S(=O)(=O)Oc2cc(OCc3cccc(C)c3)c(C=O)c(OS(=O)(=O)c3ccc(C)cc3)c2)cc1. The summed E-state index contributed by atoms with van der Waals surface area (Å²) < 4.78 is 68.4. The fourth-order valence-corrected chi connectivity index (χ4v) is 5.50. The van der Waals surface area contributed by atoms with E-state index in [9.17, 15) is 21.6 Å². The van der Waals surface area contributed by atoms with Crippen molar-refractivity contribution in [2.24, 2.45) is 0 Å². The number of rotatable bonds is 10. The van der Waals surface area contributed by atoms with E-state index < -0.39 is 26.0 Å². The van der Waals surface area contributed by atoms with Gasteiger partial charge in [0.25, 0.3) is 0 Å². The summed E-state index contributed by atoms with van der Waals surface area (Å²) in [5.74, 6) is -0.854. The summed E-state index contributed by atoms with van der Waals surface area (Å²) in [6, 6.07) is 21.6. The van der Waals surface area contributed by atoms with Crippen LogP contribution >= 0.6 is 0 Å². The number of hydrogen-bond donors (Lipinski definition) is 0. The van der Waals surface area contributed by atoms with E-state index in [1.807, 2.05) is 38.1 Å². The van der Waals surface area contributed by atoms with Crippen molar-refractivity contribution in [2.75, 3.05) is 0 Å². The minimum atomic E-state index is -4.39. The normalized spacial score (nSPS) is 11.6. The van der Waals surface area contributed by atoms with Crippen molar-refractivity contribution >= 4 is 26.5 Å². The summed E-state index contributed by atoms with van der Waals surface area (Å²) in [6.07, 6.45) is 0.379. The van der Waals surface area contributed by atoms with E-state index in [-0.39, 0.29) is 33.5 Å². The number of hydrogen-bond acceptors (Lipinski definition) is 8. The van der Waals surface area contributed by atoms with Crippen molar-refractivity contribution in [1.82, 2.24) is 0 Å². The molecule has 0 fully saturated rings. The van der Waals surface area contributed by atoms with Gasteiger partial charge in [-0.2, -0.15) is 16.8 Å². The second kappa shape index (κ2) is 11.3. The van der Waals surface area contributed by atoms with Crippen LogP contribution in [0.4, 0.5) is 0 Å². The summed E-state index contributed by atoms with van der Waals surface area (Å²) in [5, 5.41) is 0. The molecule has 0 aliphatic rings. The van der Waals surface area contributed by atoms with Gasteiger partial charge in [-0.3, -0.25) is 4.79 Å². The Bertz CT molecular complexity index is 1710. The molecule has 0 spiro atoms. The summed E-state index contributed by atoms with van der Waals surface area (Å²) >= 11 is 0. The minimum absolute atomic E-state index is 0.0147. The summed E-state index contributed by atoms with van der Waals surface area (Å²) in [5.41, 5.74) is 3.24. The first-order valence-corrected chi connectivity index (χ1v) is 14.6. The monoisotopic (exact) mass is 566 g/mol. The Morgan fingerprint density at radius 2 is 1.18 bits per heavy atom. The van der Waals surface area contributed by atoms with Gasteiger partial charge < -0.3 is 13.1 Å². The molecule has 0 atom stereocenters. The van der Waals surface area contributed by atoms with E-state index in [2.05, 4.69) is 0 Å². The maximum absolute atomic E-state index is 13.0. The van der Waals surface area contributed by atoms with Gasteiger partial charge in [0.05, 0.1) is 0 Å². The Balaban J connectivity index is 1.76. The molecule has 0 bridgehead atoms. The summed E-state index contributed by atoms with van der Waals surface area (Å²) in [4.78, 5) is 11.9. The lowest BCUT2D eigenvalue weighted by Crippen LogP contribution is -2.13. The second-order valence-electron chi connectivity index (χ2n) is 8.93. The highest BCUT2D eigenvalue weighted by molar-refractivity contribution is 7.87. The molecule has 0 radical (unpaired) electrons. The number of aldehydes is 1. The lowest BCUT2D eigenvalue weighted by Gasteiger charge is -2.16. The van der Waals surface area contributed by atoms with Crippen LogP contribution < -0.4 is 13.1 Å². The third-order valence-electron chi connectivity index (χ3n) is 5.70. The number of carbonyl (C=O) groups is 1. The average Bonchev–Trinajstić information content (AvgIpc) is 2.87. The zero-order chi connectivity index (χ0) is 28.2. The lowest BCUT2D eigenvalue weighted by molar-refractivity contribution is 0.111. The van der Waals surface area contributed by atoms with Crippen molar-refractivity contribution in [1.29, 1.82) is 0 Å². The van der Waals surface area contributed by atoms with Gasteiger partial charge in [-0.25, -0.2) is 0 Å². The van der Waals surface area contributed by atoms with Gasteiger partial charge in [0, 0.05) is 12.1 Å². The van der Waals surface area contributed by atoms with Gasteiger partial charge >= 0.3 is 20.2 Å². The fraction of sp³-hybridized carbons (Fsp3) is 0.138. The smallest absolute Gasteiger partial charge is 0.339 e. The maximum Gasteiger partial charge on any atom is 0.339 e. The molecule has 202 valence electrons. The van der Waals surface area contributed by atoms with Crippen LogP contribution in [0.1, 0.15) is 32.6 Å². The third-order valence-corrected chi connectivity index (χ3v) is 8.21. The van der Waals surface area contributed by atoms with E-state index in [1.54, 1.807) is 31.2 Å². The molecule has 39 heavy (non-hydrogen) atoms. The van der Waals surface area contributed by atoms with Crippen LogP contribution in [0.3, 0.4) is 0 Å². The highest BCUT2D eigenvalue weighted by atomic mass is 32.2. The van der Waals surface area contributed by atoms with Crippen molar-refractivity contribution in [2.45, 2.75) is 37.2 Å². The topological polar surface area (TPSA) is 113 Å². The van der Waals surface area contributed by atoms with Crippen LogP contribution in [0.25, 0.3) is 0 Å². The largest absolute Gasteiger partial charge is 0.488 e. The molecule has 4 aromatic carbocycles. The zero-order valence-electron chi connectivity index (χ0n) is 21.4. The Kier molecular flexibility index (Phi) is 8.08. The lowest BCUT2D eigenvalue weighted by atomic mass is 10.1. The molecule has 0 aliphatic heterocycles. The van der Waals surface area contributed by atoms with Gasteiger partial charge in [-0.1, -0.05) is 65.2 Å². The molecule has 10 heteroatoms. The molecule has 0 unspecified atom stereocenters. The van der Waals surface area contributed by atoms with E-state index in [0.29, 0.717) is 6.29 Å². The molecule has 4 rings (SSSR count). The molecule has 0 saturated heterocycles. The van der Waals surface area contributed by atoms with E-state index in [4.69, 9.17) is 13.1 Å². The second-order valence-corrected chi connectivity index (χ2v) is 12.0. The van der Waals surface area contributed by atoms with Crippen LogP contribution in [-0.2, 0) is 26.8 Å². The predicted molar refractivity (Wildman–Crippen MR) is 145 cm³/mol. The number of benzene rings is 4. The van der Waals surface area contributed by atoms with E-state index >= 15 is 0 Å². The molecule has 0 saturated carbocycles. The molecule has 4 aromatic rings. The van der Waals surface area contributed by atoms with Crippen molar-refractivity contribution in [3.63, 3.8) is 0 Å². The van der Waals surface area contributed by atoms with E-state index in [1.165, 1.54) is 30.3 Å². The first-order chi connectivity index (χ1) is 18.5. The number of aryl methyl sites for hydroxylation is 3. The first-order valence-electron chi connectivity index (χ1n) is 11.8. The Hall–Kier alpha value is -4.15. The highest BCUT2D eigenvalue weighted by Crippen LogP contribution is 2.36. The van der Waals surface area contributed by atoms with Crippen molar-refractivity contribution in [3.8, 4) is 17.2 Å². The van der Waals surface area contributed by atoms with E-state index in [0.717, 1.165) is 28.3 Å². The molecule has 0 aliphatic carbocycles. The average molecular weight is 567 g/mol. The zero-order valence-corrected chi connectivity index (χ0v) is 23.1. The maximum atomic E-state index is 13.0. The van der Waals surface area contributed by atoms with Gasteiger partial charge in [-0.15, -0.1) is 0 Å². The standard InChI is InChI=1S/C29H26O8S2/c1-20-7-11-25(12-8-20)38(31,32)36-24-16-28(35-19-23-6-4-5-22(3)15-23)27(18-30)29(17-24)37-39(33,34)26-13-9-21(2)10-14-26/h4-18H,19H2,1-3H3. The molecule has 0 heterocycles. The Morgan fingerprint density at radius 1 is 0.641 bits per heavy atom.